The highest BCUT2D eigenvalue weighted by Crippen LogP contribution is 2.23. The molecule has 134 valence electrons. The van der Waals surface area contributed by atoms with Crippen LogP contribution in [0.25, 0.3) is 0 Å². The van der Waals surface area contributed by atoms with Crippen molar-refractivity contribution < 1.29 is 13.9 Å². The maximum Gasteiger partial charge on any atom is 0.225 e. The molecule has 2 aliphatic rings. The van der Waals surface area contributed by atoms with Crippen molar-refractivity contribution in [3.8, 4) is 0 Å². The molecule has 1 amide bonds. The Morgan fingerprint density at radius 1 is 1.29 bits per heavy atom. The van der Waals surface area contributed by atoms with E-state index >= 15 is 0 Å². The molecule has 5 nitrogen and oxygen atoms in total. The highest BCUT2D eigenvalue weighted by Gasteiger charge is 2.31. The molecular formula is C19H30N2O3. The second-order valence-electron chi connectivity index (χ2n) is 7.05. The van der Waals surface area contributed by atoms with Crippen molar-refractivity contribution in [1.82, 2.24) is 9.80 Å². The minimum absolute atomic E-state index is 0.183. The van der Waals surface area contributed by atoms with Gasteiger partial charge in [-0.2, -0.15) is 0 Å². The third kappa shape index (κ3) is 4.61. The summed E-state index contributed by atoms with van der Waals surface area (Å²) in [4.78, 5) is 17.3. The van der Waals surface area contributed by atoms with Crippen LogP contribution in [0.5, 0.6) is 0 Å². The zero-order valence-electron chi connectivity index (χ0n) is 14.8. The Morgan fingerprint density at radius 2 is 2.12 bits per heavy atom. The van der Waals surface area contributed by atoms with Gasteiger partial charge in [0.05, 0.1) is 18.9 Å². The van der Waals surface area contributed by atoms with Crippen molar-refractivity contribution >= 4 is 5.91 Å². The quantitative estimate of drug-likeness (QED) is 0.802. The van der Waals surface area contributed by atoms with E-state index in [2.05, 4.69) is 16.7 Å². The molecular weight excluding hydrogens is 304 g/mol. The lowest BCUT2D eigenvalue weighted by atomic mass is 9.94. The predicted molar refractivity (Wildman–Crippen MR) is 92.6 cm³/mol. The van der Waals surface area contributed by atoms with Crippen molar-refractivity contribution in [2.75, 3.05) is 32.8 Å². The van der Waals surface area contributed by atoms with Gasteiger partial charge < -0.3 is 14.1 Å². The summed E-state index contributed by atoms with van der Waals surface area (Å²) in [6.07, 6.45) is 7.06. The Hall–Kier alpha value is -1.33. The second kappa shape index (κ2) is 8.67. The molecule has 2 saturated heterocycles. The molecule has 24 heavy (non-hydrogen) atoms. The molecule has 1 aromatic rings. The highest BCUT2D eigenvalue weighted by atomic mass is 16.5. The van der Waals surface area contributed by atoms with Crippen molar-refractivity contribution in [1.29, 1.82) is 0 Å². The van der Waals surface area contributed by atoms with Gasteiger partial charge in [0.1, 0.15) is 5.76 Å². The summed E-state index contributed by atoms with van der Waals surface area (Å²) in [6.45, 7) is 7.41. The molecule has 0 N–H and O–H groups in total. The number of carbonyl (C=O) groups is 1. The molecule has 1 atom stereocenters. The van der Waals surface area contributed by atoms with Crippen molar-refractivity contribution in [2.24, 2.45) is 5.92 Å². The fourth-order valence-corrected chi connectivity index (χ4v) is 3.78. The van der Waals surface area contributed by atoms with Crippen LogP contribution < -0.4 is 0 Å². The molecule has 0 radical (unpaired) electrons. The van der Waals surface area contributed by atoms with Crippen LogP contribution in [0.3, 0.4) is 0 Å². The van der Waals surface area contributed by atoms with Crippen LogP contribution >= 0.6 is 0 Å². The lowest BCUT2D eigenvalue weighted by Crippen LogP contribution is -2.48. The third-order valence-electron chi connectivity index (χ3n) is 5.14. The zero-order chi connectivity index (χ0) is 16.8. The first-order valence-electron chi connectivity index (χ1n) is 9.41. The highest BCUT2D eigenvalue weighted by molar-refractivity contribution is 5.79. The maximum atomic E-state index is 12.8. The van der Waals surface area contributed by atoms with Crippen LogP contribution in [0.1, 0.15) is 44.8 Å². The summed E-state index contributed by atoms with van der Waals surface area (Å²) >= 11 is 0. The normalized spacial score (nSPS) is 23.5. The Balaban J connectivity index is 1.44. The first-order valence-corrected chi connectivity index (χ1v) is 9.41. The van der Waals surface area contributed by atoms with Gasteiger partial charge in [0, 0.05) is 25.6 Å². The summed E-state index contributed by atoms with van der Waals surface area (Å²) in [5.41, 5.74) is 0. The smallest absolute Gasteiger partial charge is 0.225 e. The fourth-order valence-electron chi connectivity index (χ4n) is 3.78. The van der Waals surface area contributed by atoms with Gasteiger partial charge in [-0.05, 0) is 57.3 Å². The van der Waals surface area contributed by atoms with Crippen molar-refractivity contribution in [2.45, 2.75) is 51.7 Å². The molecule has 0 spiro atoms. The van der Waals surface area contributed by atoms with E-state index in [-0.39, 0.29) is 12.0 Å². The fraction of sp³-hybridized carbons (Fsp3) is 0.737. The second-order valence-corrected chi connectivity index (χ2v) is 7.05. The predicted octanol–water partition coefficient (Wildman–Crippen LogP) is 2.91. The largest absolute Gasteiger partial charge is 0.468 e. The minimum atomic E-state index is 0.183. The first-order chi connectivity index (χ1) is 11.8. The number of rotatable bonds is 6. The van der Waals surface area contributed by atoms with Crippen LogP contribution in [0.2, 0.25) is 0 Å². The van der Waals surface area contributed by atoms with Gasteiger partial charge in [0.25, 0.3) is 0 Å². The molecule has 1 aromatic heterocycles. The van der Waals surface area contributed by atoms with Crippen LogP contribution in [-0.2, 0) is 16.1 Å². The summed E-state index contributed by atoms with van der Waals surface area (Å²) in [5.74, 6) is 1.53. The molecule has 0 unspecified atom stereocenters. The molecule has 3 rings (SSSR count). The van der Waals surface area contributed by atoms with Gasteiger partial charge in [-0.1, -0.05) is 6.92 Å². The van der Waals surface area contributed by atoms with E-state index in [0.29, 0.717) is 5.91 Å². The molecule has 3 heterocycles. The summed E-state index contributed by atoms with van der Waals surface area (Å²) < 4.78 is 11.3. The Kier molecular flexibility index (Phi) is 6.32. The van der Waals surface area contributed by atoms with Gasteiger partial charge >= 0.3 is 0 Å². The number of furan rings is 1. The molecule has 0 aliphatic carbocycles. The SMILES string of the molecule is CCCO[C@H]1CCCN(C(=O)C2CCN(Cc3ccco3)CC2)C1. The minimum Gasteiger partial charge on any atom is -0.468 e. The standard InChI is InChI=1S/C19H30N2O3/c1-2-12-23-18-5-3-9-21(15-18)19(22)16-7-10-20(11-8-16)14-17-6-4-13-24-17/h4,6,13,16,18H,2-3,5,7-12,14-15H2,1H3/t18-/m0/s1. The first kappa shape index (κ1) is 17.5. The van der Waals surface area contributed by atoms with Crippen LogP contribution in [-0.4, -0.2) is 54.6 Å². The summed E-state index contributed by atoms with van der Waals surface area (Å²) in [6, 6.07) is 3.94. The zero-order valence-corrected chi connectivity index (χ0v) is 14.8. The number of hydrogen-bond donors (Lipinski definition) is 0. The van der Waals surface area contributed by atoms with E-state index in [1.165, 1.54) is 0 Å². The average Bonchev–Trinajstić information content (AvgIpc) is 3.13. The van der Waals surface area contributed by atoms with Crippen LogP contribution in [0.15, 0.2) is 22.8 Å². The number of likely N-dealkylation sites (tertiary alicyclic amines) is 2. The molecule has 5 heteroatoms. The Bertz CT molecular complexity index is 495. The molecule has 2 aliphatic heterocycles. The van der Waals surface area contributed by atoms with Gasteiger partial charge in [-0.15, -0.1) is 0 Å². The summed E-state index contributed by atoms with van der Waals surface area (Å²) in [7, 11) is 0. The Morgan fingerprint density at radius 3 is 2.83 bits per heavy atom. The molecule has 2 fully saturated rings. The van der Waals surface area contributed by atoms with Gasteiger partial charge in [0.2, 0.25) is 5.91 Å². The van der Waals surface area contributed by atoms with Crippen molar-refractivity contribution in [3.05, 3.63) is 24.2 Å². The lowest BCUT2D eigenvalue weighted by Gasteiger charge is -2.37. The van der Waals surface area contributed by atoms with Crippen molar-refractivity contribution in [3.63, 3.8) is 0 Å². The van der Waals surface area contributed by atoms with Gasteiger partial charge in [-0.25, -0.2) is 0 Å². The summed E-state index contributed by atoms with van der Waals surface area (Å²) in [5, 5.41) is 0. The van der Waals surface area contributed by atoms with E-state index in [9.17, 15) is 4.79 Å². The van der Waals surface area contributed by atoms with Gasteiger partial charge in [0.15, 0.2) is 0 Å². The molecule has 0 bridgehead atoms. The van der Waals surface area contributed by atoms with E-state index < -0.39 is 0 Å². The van der Waals surface area contributed by atoms with E-state index in [4.69, 9.17) is 9.15 Å². The Labute approximate surface area is 144 Å². The number of carbonyl (C=O) groups excluding carboxylic acids is 1. The molecule has 0 saturated carbocycles. The van der Waals surface area contributed by atoms with E-state index in [0.717, 1.165) is 77.2 Å². The maximum absolute atomic E-state index is 12.8. The monoisotopic (exact) mass is 334 g/mol. The topological polar surface area (TPSA) is 45.9 Å². The number of hydrogen-bond acceptors (Lipinski definition) is 4. The van der Waals surface area contributed by atoms with Crippen LogP contribution in [0.4, 0.5) is 0 Å². The van der Waals surface area contributed by atoms with Crippen LogP contribution in [0, 0.1) is 5.92 Å². The number of nitrogens with zero attached hydrogens (tertiary/aromatic N) is 2. The number of piperidine rings is 2. The number of amides is 1. The third-order valence-corrected chi connectivity index (χ3v) is 5.14. The van der Waals surface area contributed by atoms with E-state index in [1.54, 1.807) is 6.26 Å². The molecule has 0 aromatic carbocycles. The number of ether oxygens (including phenoxy) is 1. The average molecular weight is 334 g/mol. The lowest BCUT2D eigenvalue weighted by molar-refractivity contribution is -0.141. The van der Waals surface area contributed by atoms with Gasteiger partial charge in [-0.3, -0.25) is 9.69 Å². The van der Waals surface area contributed by atoms with E-state index in [1.807, 2.05) is 12.1 Å².